The number of carbonyl (C=O) groups is 1. The zero-order valence-electron chi connectivity index (χ0n) is 35.3. The summed E-state index contributed by atoms with van der Waals surface area (Å²) in [5.41, 5.74) is 9.02. The molecule has 0 unspecified atom stereocenters. The maximum atomic E-state index is 11.7. The normalized spacial score (nSPS) is 11.5. The van der Waals surface area contributed by atoms with Gasteiger partial charge in [-0.05, 0) is 70.7 Å². The summed E-state index contributed by atoms with van der Waals surface area (Å²) in [4.78, 5) is 20.9. The third-order valence-electron chi connectivity index (χ3n) is 10.2. The standard InChI is InChI=1S/C20H22NSi.C17H14N.C13H24O2.Ir/c1-14-10-15(2)12-17(11-14)20-19-7-6-18(22(3,4)5)13-16(19)8-9-21-20;1-12-9-13(2)11-15(10-12)17-16-6-4-3-5-14(16)7-8-18-17;1-5-10(6-2)12(14)9-13(15)11(7-3)8-4;/h6-11,13H,1-5H3;3-10H,1-2H3;9-11,14H,5-8H2,1-4H3;/q2*-1;;/b;;12-9-;. The SMILES string of the molecule is CCC(CC)C(=O)/C=C(\O)C(CC)CC.Cc1[c-]c(-c2nccc3cc([Si](C)(C)C)ccc23)cc(C)c1.Cc1[c-]c(-c2nccc3ccccc23)cc(C)c1.[Ir]. The third kappa shape index (κ3) is 12.4. The molecule has 0 saturated heterocycles. The Bertz CT molecular complexity index is 2200. The Balaban J connectivity index is 0.000000228. The minimum absolute atomic E-state index is 0. The Labute approximate surface area is 351 Å². The van der Waals surface area contributed by atoms with Crippen LogP contribution in [0.5, 0.6) is 0 Å². The maximum absolute atomic E-state index is 11.7. The Morgan fingerprint density at radius 3 is 1.62 bits per heavy atom. The first-order valence-electron chi connectivity index (χ1n) is 19.9. The van der Waals surface area contributed by atoms with Crippen molar-refractivity contribution in [3.63, 3.8) is 0 Å². The predicted octanol–water partition coefficient (Wildman–Crippen LogP) is 13.1. The molecular formula is C50H60IrN2O2Si-2. The summed E-state index contributed by atoms with van der Waals surface area (Å²) in [5.74, 6) is 0.547. The summed E-state index contributed by atoms with van der Waals surface area (Å²) >= 11 is 0. The van der Waals surface area contributed by atoms with Crippen LogP contribution in [0.4, 0.5) is 0 Å². The number of hydrogen-bond acceptors (Lipinski definition) is 4. The Kier molecular flexibility index (Phi) is 17.6. The summed E-state index contributed by atoms with van der Waals surface area (Å²) in [6, 6.07) is 34.8. The van der Waals surface area contributed by atoms with Crippen molar-refractivity contribution in [3.8, 4) is 22.5 Å². The molecule has 0 aliphatic rings. The number of allylic oxidation sites excluding steroid dienone is 2. The quantitative estimate of drug-likeness (QED) is 0.0643. The van der Waals surface area contributed by atoms with Gasteiger partial charge in [0, 0.05) is 50.4 Å². The Morgan fingerprint density at radius 2 is 1.14 bits per heavy atom. The van der Waals surface area contributed by atoms with Crippen LogP contribution in [0.1, 0.15) is 75.6 Å². The monoisotopic (exact) mass is 941 g/mol. The van der Waals surface area contributed by atoms with Crippen LogP contribution in [0.15, 0.2) is 103 Å². The van der Waals surface area contributed by atoms with Crippen LogP contribution < -0.4 is 5.19 Å². The van der Waals surface area contributed by atoms with Crippen molar-refractivity contribution in [2.45, 2.75) is 101 Å². The Hall–Kier alpha value is -4.22. The topological polar surface area (TPSA) is 63.1 Å². The van der Waals surface area contributed by atoms with Crippen molar-refractivity contribution in [1.82, 2.24) is 9.97 Å². The summed E-state index contributed by atoms with van der Waals surface area (Å²) in [6.45, 7) is 23.6. The fourth-order valence-corrected chi connectivity index (χ4v) is 8.19. The van der Waals surface area contributed by atoms with Crippen molar-refractivity contribution in [1.29, 1.82) is 0 Å². The number of hydrogen-bond donors (Lipinski definition) is 1. The van der Waals surface area contributed by atoms with Gasteiger partial charge in [0.15, 0.2) is 5.78 Å². The number of rotatable bonds is 10. The summed E-state index contributed by atoms with van der Waals surface area (Å²) in [5, 5.41) is 16.1. The molecule has 297 valence electrons. The predicted molar refractivity (Wildman–Crippen MR) is 238 cm³/mol. The van der Waals surface area contributed by atoms with Crippen molar-refractivity contribution < 1.29 is 30.0 Å². The van der Waals surface area contributed by atoms with Gasteiger partial charge >= 0.3 is 0 Å². The number of aliphatic hydroxyl groups excluding tert-OH is 1. The second-order valence-electron chi connectivity index (χ2n) is 15.7. The molecule has 0 aliphatic carbocycles. The number of nitrogens with zero attached hydrogens (tertiary/aromatic N) is 2. The molecule has 1 N–H and O–H groups in total. The number of benzene rings is 4. The molecule has 6 heteroatoms. The van der Waals surface area contributed by atoms with Crippen molar-refractivity contribution in [2.75, 3.05) is 0 Å². The zero-order chi connectivity index (χ0) is 40.3. The van der Waals surface area contributed by atoms with Crippen molar-refractivity contribution in [3.05, 3.63) is 137 Å². The molecule has 4 aromatic carbocycles. The van der Waals surface area contributed by atoms with E-state index in [9.17, 15) is 9.90 Å². The molecule has 2 aromatic heterocycles. The maximum Gasteiger partial charge on any atom is 0.162 e. The Morgan fingerprint density at radius 1 is 0.661 bits per heavy atom. The second-order valence-corrected chi connectivity index (χ2v) is 20.8. The van der Waals surface area contributed by atoms with Gasteiger partial charge in [-0.3, -0.25) is 4.79 Å². The first kappa shape index (κ1) is 46.2. The molecule has 6 rings (SSSR count). The number of carbonyl (C=O) groups excluding carboxylic acids is 1. The van der Waals surface area contributed by atoms with E-state index in [1.165, 1.54) is 43.9 Å². The molecule has 0 bridgehead atoms. The summed E-state index contributed by atoms with van der Waals surface area (Å²) in [7, 11) is -1.29. The molecular weight excluding hydrogens is 881 g/mol. The molecule has 0 amide bonds. The van der Waals surface area contributed by atoms with Crippen LogP contribution in [0, 0.1) is 51.7 Å². The fraction of sp³-hybridized carbons (Fsp3) is 0.340. The van der Waals surface area contributed by atoms with Gasteiger partial charge in [-0.25, -0.2) is 0 Å². The average Bonchev–Trinajstić information content (AvgIpc) is 3.14. The first-order chi connectivity index (χ1) is 26.2. The molecule has 0 fully saturated rings. The van der Waals surface area contributed by atoms with Gasteiger partial charge in [0.25, 0.3) is 0 Å². The minimum atomic E-state index is -1.29. The van der Waals surface area contributed by atoms with Crippen LogP contribution in [-0.4, -0.2) is 28.9 Å². The first-order valence-corrected chi connectivity index (χ1v) is 23.4. The number of aryl methyl sites for hydroxylation is 4. The van der Waals surface area contributed by atoms with E-state index in [1.54, 1.807) is 0 Å². The van der Waals surface area contributed by atoms with E-state index in [-0.39, 0.29) is 43.5 Å². The van der Waals surface area contributed by atoms with E-state index in [0.29, 0.717) is 0 Å². The minimum Gasteiger partial charge on any atom is -0.512 e. The number of aromatic nitrogens is 2. The average molecular weight is 941 g/mol. The van der Waals surface area contributed by atoms with Gasteiger partial charge in [-0.2, -0.15) is 0 Å². The molecule has 4 nitrogen and oxygen atoms in total. The largest absolute Gasteiger partial charge is 0.512 e. The molecule has 0 atom stereocenters. The van der Waals surface area contributed by atoms with Crippen molar-refractivity contribution >= 4 is 40.6 Å². The molecule has 56 heavy (non-hydrogen) atoms. The molecule has 0 saturated carbocycles. The van der Waals surface area contributed by atoms with Crippen molar-refractivity contribution in [2.24, 2.45) is 11.8 Å². The van der Waals surface area contributed by atoms with Crippen LogP contribution in [-0.2, 0) is 24.9 Å². The fourth-order valence-electron chi connectivity index (χ4n) is 7.02. The van der Waals surface area contributed by atoms with Crippen LogP contribution >= 0.6 is 0 Å². The summed E-state index contributed by atoms with van der Waals surface area (Å²) < 4.78 is 0. The van der Waals surface area contributed by atoms with E-state index in [4.69, 9.17) is 0 Å². The molecule has 6 aromatic rings. The van der Waals surface area contributed by atoms with Gasteiger partial charge in [-0.1, -0.05) is 123 Å². The molecule has 0 spiro atoms. The third-order valence-corrected chi connectivity index (χ3v) is 12.2. The number of ketones is 1. The van der Waals surface area contributed by atoms with E-state index < -0.39 is 8.07 Å². The van der Waals surface area contributed by atoms with Gasteiger partial charge in [0.2, 0.25) is 0 Å². The van der Waals surface area contributed by atoms with Crippen LogP contribution in [0.3, 0.4) is 0 Å². The second kappa shape index (κ2) is 21.3. The van der Waals surface area contributed by atoms with Gasteiger partial charge < -0.3 is 15.1 Å². The van der Waals surface area contributed by atoms with Gasteiger partial charge in [-0.15, -0.1) is 69.8 Å². The number of pyridine rings is 2. The van der Waals surface area contributed by atoms with E-state index in [1.807, 2.05) is 46.2 Å². The molecule has 1 radical (unpaired) electrons. The zero-order valence-corrected chi connectivity index (χ0v) is 38.7. The van der Waals surface area contributed by atoms with Gasteiger partial charge in [0.05, 0.1) is 13.8 Å². The van der Waals surface area contributed by atoms with Crippen LogP contribution in [0.2, 0.25) is 19.6 Å². The molecule has 2 heterocycles. The van der Waals surface area contributed by atoms with E-state index >= 15 is 0 Å². The summed E-state index contributed by atoms with van der Waals surface area (Å²) in [6.07, 6.45) is 8.68. The molecule has 0 aliphatic heterocycles. The smallest absolute Gasteiger partial charge is 0.162 e. The van der Waals surface area contributed by atoms with Crippen LogP contribution in [0.25, 0.3) is 44.1 Å². The number of aliphatic hydroxyl groups is 1. The number of fused-ring (bicyclic) bond motifs is 2. The van der Waals surface area contributed by atoms with E-state index in [0.717, 1.165) is 59.3 Å². The van der Waals surface area contributed by atoms with E-state index in [2.05, 4.69) is 142 Å². The van der Waals surface area contributed by atoms with Gasteiger partial charge in [0.1, 0.15) is 0 Å².